The number of nitrogens with one attached hydrogen (secondary N) is 1. The van der Waals surface area contributed by atoms with Gasteiger partial charge in [0.25, 0.3) is 5.90 Å². The zero-order valence-corrected chi connectivity index (χ0v) is 18.7. The maximum absolute atomic E-state index is 12.1. The number of benzene rings is 2. The average Bonchev–Trinajstić information content (AvgIpc) is 3.36. The second-order valence-electron chi connectivity index (χ2n) is 7.76. The second-order valence-corrected chi connectivity index (χ2v) is 8.67. The highest BCUT2D eigenvalue weighted by Crippen LogP contribution is 2.32. The average molecular weight is 467 g/mol. The Bertz CT molecular complexity index is 1090. The molecule has 6 nitrogen and oxygen atoms in total. The van der Waals surface area contributed by atoms with Crippen LogP contribution in [0.2, 0.25) is 0 Å². The standard InChI is InChI=1S/C23H23BrN4O2/c1-14(2)11-16-7-9-17(10-8-16)20-13-21(26-25-20)22-27-28(15(3)29)23(30-22)18-5-4-6-19(24)12-18/h4-10,12-14,23H,11H2,1-3H3,(H,25,26)/t23-/m0/s1. The van der Waals surface area contributed by atoms with Gasteiger partial charge in [-0.05, 0) is 36.1 Å². The van der Waals surface area contributed by atoms with Crippen molar-refractivity contribution in [3.05, 3.63) is 75.9 Å². The van der Waals surface area contributed by atoms with Crippen molar-refractivity contribution in [3.8, 4) is 11.3 Å². The summed E-state index contributed by atoms with van der Waals surface area (Å²) in [4.78, 5) is 12.1. The summed E-state index contributed by atoms with van der Waals surface area (Å²) in [5, 5.41) is 13.1. The Morgan fingerprint density at radius 3 is 2.63 bits per heavy atom. The molecule has 154 valence electrons. The molecule has 0 unspecified atom stereocenters. The van der Waals surface area contributed by atoms with E-state index in [1.165, 1.54) is 17.5 Å². The first-order chi connectivity index (χ1) is 14.4. The molecular formula is C23H23BrN4O2. The van der Waals surface area contributed by atoms with Gasteiger partial charge in [0.15, 0.2) is 0 Å². The molecule has 30 heavy (non-hydrogen) atoms. The SMILES string of the molecule is CC(=O)N1N=C(c2cc(-c3ccc(CC(C)C)cc3)n[nH]2)O[C@H]1c1cccc(Br)c1. The van der Waals surface area contributed by atoms with E-state index in [1.807, 2.05) is 30.3 Å². The highest BCUT2D eigenvalue weighted by Gasteiger charge is 2.34. The van der Waals surface area contributed by atoms with E-state index in [4.69, 9.17) is 4.74 Å². The highest BCUT2D eigenvalue weighted by atomic mass is 79.9. The van der Waals surface area contributed by atoms with Crippen LogP contribution in [0, 0.1) is 5.92 Å². The van der Waals surface area contributed by atoms with E-state index in [0.29, 0.717) is 17.5 Å². The number of nitrogens with zero attached hydrogens (tertiary/aromatic N) is 3. The lowest BCUT2D eigenvalue weighted by Crippen LogP contribution is -2.25. The Morgan fingerprint density at radius 2 is 1.97 bits per heavy atom. The van der Waals surface area contributed by atoms with Crippen molar-refractivity contribution in [2.24, 2.45) is 11.0 Å². The van der Waals surface area contributed by atoms with Gasteiger partial charge in [0.05, 0.1) is 5.69 Å². The summed E-state index contributed by atoms with van der Waals surface area (Å²) in [7, 11) is 0. The predicted molar refractivity (Wildman–Crippen MR) is 120 cm³/mol. The summed E-state index contributed by atoms with van der Waals surface area (Å²) in [5.74, 6) is 0.758. The molecule has 0 saturated carbocycles. The lowest BCUT2D eigenvalue weighted by molar-refractivity contribution is -0.135. The molecule has 0 radical (unpaired) electrons. The molecule has 3 aromatic rings. The normalized spacial score (nSPS) is 16.0. The number of carbonyl (C=O) groups is 1. The summed E-state index contributed by atoms with van der Waals surface area (Å²) in [5.41, 5.74) is 4.57. The van der Waals surface area contributed by atoms with Gasteiger partial charge < -0.3 is 4.74 Å². The van der Waals surface area contributed by atoms with Gasteiger partial charge in [-0.15, -0.1) is 5.10 Å². The molecule has 1 amide bonds. The van der Waals surface area contributed by atoms with Crippen LogP contribution in [0.3, 0.4) is 0 Å². The van der Waals surface area contributed by atoms with Gasteiger partial charge in [-0.3, -0.25) is 9.89 Å². The highest BCUT2D eigenvalue weighted by molar-refractivity contribution is 9.10. The summed E-state index contributed by atoms with van der Waals surface area (Å²) in [6, 6.07) is 17.9. The van der Waals surface area contributed by atoms with Crippen LogP contribution in [0.5, 0.6) is 0 Å². The molecule has 0 fully saturated rings. The van der Waals surface area contributed by atoms with Gasteiger partial charge >= 0.3 is 0 Å². The van der Waals surface area contributed by atoms with E-state index in [2.05, 4.69) is 69.3 Å². The van der Waals surface area contributed by atoms with E-state index < -0.39 is 6.23 Å². The third-order valence-corrected chi connectivity index (χ3v) is 5.30. The molecule has 1 atom stereocenters. The number of aromatic amines is 1. The van der Waals surface area contributed by atoms with Crippen molar-refractivity contribution in [2.45, 2.75) is 33.4 Å². The molecule has 0 aliphatic carbocycles. The first kappa shape index (κ1) is 20.3. The number of halogens is 1. The number of aromatic nitrogens is 2. The zero-order chi connectivity index (χ0) is 21.3. The lowest BCUT2D eigenvalue weighted by Gasteiger charge is -2.19. The van der Waals surface area contributed by atoms with E-state index in [0.717, 1.165) is 27.7 Å². The van der Waals surface area contributed by atoms with Crippen LogP contribution in [0.4, 0.5) is 0 Å². The molecule has 7 heteroatoms. The number of hydrogen-bond acceptors (Lipinski definition) is 4. The van der Waals surface area contributed by atoms with E-state index in [9.17, 15) is 4.79 Å². The Kier molecular flexibility index (Phi) is 5.72. The molecule has 0 saturated heterocycles. The molecule has 1 aromatic heterocycles. The van der Waals surface area contributed by atoms with Crippen LogP contribution in [0.1, 0.15) is 43.8 Å². The second kappa shape index (κ2) is 8.44. The summed E-state index contributed by atoms with van der Waals surface area (Å²) in [6.07, 6.45) is 0.436. The van der Waals surface area contributed by atoms with Gasteiger partial charge in [-0.1, -0.05) is 66.2 Å². The summed E-state index contributed by atoms with van der Waals surface area (Å²) >= 11 is 3.46. The molecule has 0 spiro atoms. The lowest BCUT2D eigenvalue weighted by atomic mass is 10.0. The fraction of sp³-hybridized carbons (Fsp3) is 0.261. The minimum atomic E-state index is -0.614. The molecule has 1 N–H and O–H groups in total. The number of carbonyl (C=O) groups excluding carboxylic acids is 1. The molecule has 1 aliphatic heterocycles. The van der Waals surface area contributed by atoms with Crippen LogP contribution in [-0.4, -0.2) is 27.0 Å². The van der Waals surface area contributed by atoms with E-state index in [1.54, 1.807) is 0 Å². The van der Waals surface area contributed by atoms with Crippen molar-refractivity contribution in [1.82, 2.24) is 15.2 Å². The quantitative estimate of drug-likeness (QED) is 0.555. The Balaban J connectivity index is 1.57. The van der Waals surface area contributed by atoms with Crippen molar-refractivity contribution in [1.29, 1.82) is 0 Å². The van der Waals surface area contributed by atoms with Gasteiger partial charge in [0.1, 0.15) is 5.69 Å². The fourth-order valence-electron chi connectivity index (χ4n) is 3.41. The first-order valence-electron chi connectivity index (χ1n) is 9.86. The summed E-state index contributed by atoms with van der Waals surface area (Å²) in [6.45, 7) is 5.89. The number of rotatable bonds is 5. The molecule has 2 aromatic carbocycles. The van der Waals surface area contributed by atoms with Gasteiger partial charge in [-0.2, -0.15) is 10.1 Å². The van der Waals surface area contributed by atoms with Gasteiger partial charge in [0.2, 0.25) is 12.1 Å². The van der Waals surface area contributed by atoms with Crippen LogP contribution in [-0.2, 0) is 16.0 Å². The largest absolute Gasteiger partial charge is 0.445 e. The maximum atomic E-state index is 12.1. The number of hydrazone groups is 1. The minimum Gasteiger partial charge on any atom is -0.445 e. The molecule has 2 heterocycles. The number of hydrogen-bond donors (Lipinski definition) is 1. The van der Waals surface area contributed by atoms with Crippen LogP contribution in [0.15, 0.2) is 64.2 Å². The number of amides is 1. The Hall–Kier alpha value is -2.93. The monoisotopic (exact) mass is 466 g/mol. The third kappa shape index (κ3) is 4.31. The Morgan fingerprint density at radius 1 is 1.20 bits per heavy atom. The zero-order valence-electron chi connectivity index (χ0n) is 17.1. The molecule has 4 rings (SSSR count). The van der Waals surface area contributed by atoms with E-state index >= 15 is 0 Å². The van der Waals surface area contributed by atoms with Crippen LogP contribution < -0.4 is 0 Å². The fourth-order valence-corrected chi connectivity index (χ4v) is 3.83. The number of H-pyrrole nitrogens is 1. The topological polar surface area (TPSA) is 70.6 Å². The van der Waals surface area contributed by atoms with Gasteiger partial charge in [0, 0.05) is 22.5 Å². The molecular weight excluding hydrogens is 444 g/mol. The van der Waals surface area contributed by atoms with Crippen LogP contribution in [0.25, 0.3) is 11.3 Å². The predicted octanol–water partition coefficient (Wildman–Crippen LogP) is 5.28. The van der Waals surface area contributed by atoms with Crippen molar-refractivity contribution >= 4 is 27.7 Å². The van der Waals surface area contributed by atoms with Crippen molar-refractivity contribution in [2.75, 3.05) is 0 Å². The smallest absolute Gasteiger partial charge is 0.259 e. The van der Waals surface area contributed by atoms with Crippen LogP contribution >= 0.6 is 15.9 Å². The maximum Gasteiger partial charge on any atom is 0.259 e. The number of ether oxygens (including phenoxy) is 1. The van der Waals surface area contributed by atoms with Crippen molar-refractivity contribution in [3.63, 3.8) is 0 Å². The minimum absolute atomic E-state index is 0.199. The van der Waals surface area contributed by atoms with Gasteiger partial charge in [-0.25, -0.2) is 0 Å². The first-order valence-corrected chi connectivity index (χ1v) is 10.7. The Labute approximate surface area is 184 Å². The van der Waals surface area contributed by atoms with E-state index in [-0.39, 0.29) is 5.91 Å². The summed E-state index contributed by atoms with van der Waals surface area (Å²) < 4.78 is 6.95. The molecule has 0 bridgehead atoms. The third-order valence-electron chi connectivity index (χ3n) is 4.80. The van der Waals surface area contributed by atoms with Crippen molar-refractivity contribution < 1.29 is 9.53 Å². The molecule has 1 aliphatic rings.